The van der Waals surface area contributed by atoms with Crippen molar-refractivity contribution in [1.29, 1.82) is 0 Å². The molecule has 7 heavy (non-hydrogen) atoms. The topological polar surface area (TPSA) is 12.4 Å². The Morgan fingerprint density at radius 2 is 2.29 bits per heavy atom. The van der Waals surface area contributed by atoms with Crippen molar-refractivity contribution in [3.8, 4) is 0 Å². The third-order valence-corrected chi connectivity index (χ3v) is 0.637. The highest BCUT2D eigenvalue weighted by Gasteiger charge is 1.63. The highest BCUT2D eigenvalue weighted by molar-refractivity contribution is 5.23. The first-order valence-electron chi connectivity index (χ1n) is 2.49. The summed E-state index contributed by atoms with van der Waals surface area (Å²) in [4.78, 5) is 3.64. The Morgan fingerprint density at radius 3 is 2.71 bits per heavy atom. The molecule has 0 unspecified atom stereocenters. The second kappa shape index (κ2) is 5.41. The smallest absolute Gasteiger partial charge is 0.0563 e. The van der Waals surface area contributed by atoms with Crippen molar-refractivity contribution >= 4 is 6.72 Å². The Hall–Kier alpha value is -0.590. The molecule has 0 rings (SSSR count). The zero-order valence-corrected chi connectivity index (χ0v) is 4.72. The molecule has 0 saturated heterocycles. The largest absolute Gasteiger partial charge is 0.297 e. The standard InChI is InChI=1S/C6H11N/c1-3-4-5-6-7-2/h4-5H,2-3,6H2,1H3/b5-4-. The summed E-state index contributed by atoms with van der Waals surface area (Å²) >= 11 is 0. The van der Waals surface area contributed by atoms with Crippen LogP contribution in [0.1, 0.15) is 13.3 Å². The van der Waals surface area contributed by atoms with Gasteiger partial charge in [-0.2, -0.15) is 0 Å². The highest BCUT2D eigenvalue weighted by Crippen LogP contribution is 1.77. The van der Waals surface area contributed by atoms with Gasteiger partial charge >= 0.3 is 0 Å². The van der Waals surface area contributed by atoms with E-state index in [1.54, 1.807) is 0 Å². The van der Waals surface area contributed by atoms with Crippen molar-refractivity contribution in [3.05, 3.63) is 12.2 Å². The third kappa shape index (κ3) is 5.41. The van der Waals surface area contributed by atoms with Crippen LogP contribution < -0.4 is 0 Å². The summed E-state index contributed by atoms with van der Waals surface area (Å²) in [6.45, 7) is 6.19. The molecule has 0 aliphatic heterocycles. The molecule has 0 aliphatic carbocycles. The Balaban J connectivity index is 2.92. The zero-order chi connectivity index (χ0) is 5.54. The van der Waals surface area contributed by atoms with Gasteiger partial charge in [0, 0.05) is 0 Å². The van der Waals surface area contributed by atoms with E-state index in [1.807, 2.05) is 6.08 Å². The molecule has 0 aromatic rings. The van der Waals surface area contributed by atoms with Gasteiger partial charge in [0.15, 0.2) is 0 Å². The van der Waals surface area contributed by atoms with Crippen LogP contribution in [0.25, 0.3) is 0 Å². The molecule has 0 spiro atoms. The molecular weight excluding hydrogens is 86.1 g/mol. The van der Waals surface area contributed by atoms with Crippen LogP contribution in [0.5, 0.6) is 0 Å². The summed E-state index contributed by atoms with van der Waals surface area (Å²) in [6, 6.07) is 0. The second-order valence-corrected chi connectivity index (χ2v) is 1.29. The first-order chi connectivity index (χ1) is 3.41. The first kappa shape index (κ1) is 6.41. The number of nitrogens with zero attached hydrogens (tertiary/aromatic N) is 1. The molecule has 0 aromatic heterocycles. The molecule has 0 saturated carbocycles. The van der Waals surface area contributed by atoms with Gasteiger partial charge in [0.1, 0.15) is 0 Å². The van der Waals surface area contributed by atoms with Crippen LogP contribution in [0.15, 0.2) is 17.1 Å². The molecule has 0 heterocycles. The Labute approximate surface area is 44.8 Å². The van der Waals surface area contributed by atoms with Gasteiger partial charge in [-0.3, -0.25) is 4.99 Å². The third-order valence-electron chi connectivity index (χ3n) is 0.637. The van der Waals surface area contributed by atoms with Crippen molar-refractivity contribution < 1.29 is 0 Å². The van der Waals surface area contributed by atoms with Crippen molar-refractivity contribution in [1.82, 2.24) is 0 Å². The highest BCUT2D eigenvalue weighted by atomic mass is 14.6. The lowest BCUT2D eigenvalue weighted by atomic mass is 10.4. The summed E-state index contributed by atoms with van der Waals surface area (Å²) in [5, 5.41) is 0. The fourth-order valence-corrected chi connectivity index (χ4v) is 0.316. The average Bonchev–Trinajstić information content (AvgIpc) is 1.69. The van der Waals surface area contributed by atoms with E-state index in [4.69, 9.17) is 0 Å². The van der Waals surface area contributed by atoms with Gasteiger partial charge in [-0.05, 0) is 13.1 Å². The molecule has 0 radical (unpaired) electrons. The van der Waals surface area contributed by atoms with Crippen molar-refractivity contribution in [3.63, 3.8) is 0 Å². The number of hydrogen-bond acceptors (Lipinski definition) is 1. The van der Waals surface area contributed by atoms with Crippen LogP contribution in [0.4, 0.5) is 0 Å². The van der Waals surface area contributed by atoms with Crippen LogP contribution in [-0.2, 0) is 0 Å². The van der Waals surface area contributed by atoms with Crippen LogP contribution >= 0.6 is 0 Å². The molecule has 0 bridgehead atoms. The molecule has 0 N–H and O–H groups in total. The number of hydrogen-bond donors (Lipinski definition) is 0. The zero-order valence-electron chi connectivity index (χ0n) is 4.72. The van der Waals surface area contributed by atoms with Gasteiger partial charge in [-0.15, -0.1) is 0 Å². The van der Waals surface area contributed by atoms with Gasteiger partial charge in [0.25, 0.3) is 0 Å². The lowest BCUT2D eigenvalue weighted by Crippen LogP contribution is -1.65. The summed E-state index contributed by atoms with van der Waals surface area (Å²) < 4.78 is 0. The number of allylic oxidation sites excluding steroid dienone is 1. The molecule has 0 atom stereocenters. The molecule has 40 valence electrons. The van der Waals surface area contributed by atoms with Crippen molar-refractivity contribution in [2.75, 3.05) is 6.54 Å². The lowest BCUT2D eigenvalue weighted by molar-refractivity contribution is 1.18. The van der Waals surface area contributed by atoms with Crippen LogP contribution in [0, 0.1) is 0 Å². The van der Waals surface area contributed by atoms with Gasteiger partial charge in [0.05, 0.1) is 6.54 Å². The molecular formula is C6H11N. The molecule has 0 fully saturated rings. The molecule has 1 heteroatoms. The fraction of sp³-hybridized carbons (Fsp3) is 0.500. The van der Waals surface area contributed by atoms with E-state index in [9.17, 15) is 0 Å². The van der Waals surface area contributed by atoms with E-state index in [0.29, 0.717) is 0 Å². The van der Waals surface area contributed by atoms with Gasteiger partial charge in [0.2, 0.25) is 0 Å². The Bertz CT molecular complexity index is 64.6. The Kier molecular flexibility index (Phi) is 4.95. The molecule has 0 amide bonds. The summed E-state index contributed by atoms with van der Waals surface area (Å²) in [5.41, 5.74) is 0. The van der Waals surface area contributed by atoms with Crippen molar-refractivity contribution in [2.45, 2.75) is 13.3 Å². The normalized spacial score (nSPS) is 9.86. The predicted molar refractivity (Wildman–Crippen MR) is 33.8 cm³/mol. The minimum absolute atomic E-state index is 0.758. The maximum Gasteiger partial charge on any atom is 0.0563 e. The molecule has 1 nitrogen and oxygen atoms in total. The average molecular weight is 97.2 g/mol. The molecule has 0 aromatic carbocycles. The maximum absolute atomic E-state index is 3.64. The fourth-order valence-electron chi connectivity index (χ4n) is 0.316. The minimum Gasteiger partial charge on any atom is -0.297 e. The first-order valence-corrected chi connectivity index (χ1v) is 2.49. The quantitative estimate of drug-likeness (QED) is 0.375. The predicted octanol–water partition coefficient (Wildman–Crippen LogP) is 1.65. The summed E-state index contributed by atoms with van der Waals surface area (Å²) in [5.74, 6) is 0. The number of aliphatic imine (C=N–C) groups is 1. The summed E-state index contributed by atoms with van der Waals surface area (Å²) in [6.07, 6.45) is 5.18. The minimum atomic E-state index is 0.758. The van der Waals surface area contributed by atoms with Gasteiger partial charge in [-0.1, -0.05) is 19.1 Å². The Morgan fingerprint density at radius 1 is 1.57 bits per heavy atom. The van der Waals surface area contributed by atoms with E-state index >= 15 is 0 Å². The van der Waals surface area contributed by atoms with Crippen LogP contribution in [-0.4, -0.2) is 13.3 Å². The van der Waals surface area contributed by atoms with E-state index in [0.717, 1.165) is 13.0 Å². The monoisotopic (exact) mass is 97.1 g/mol. The molecule has 0 aliphatic rings. The van der Waals surface area contributed by atoms with Crippen LogP contribution in [0.3, 0.4) is 0 Å². The van der Waals surface area contributed by atoms with Gasteiger partial charge < -0.3 is 0 Å². The van der Waals surface area contributed by atoms with E-state index in [1.165, 1.54) is 0 Å². The van der Waals surface area contributed by atoms with E-state index < -0.39 is 0 Å². The lowest BCUT2D eigenvalue weighted by Gasteiger charge is -1.75. The maximum atomic E-state index is 3.64. The van der Waals surface area contributed by atoms with Gasteiger partial charge in [-0.25, -0.2) is 0 Å². The SMILES string of the molecule is C=NC/C=C\CC. The van der Waals surface area contributed by atoms with Crippen LogP contribution in [0.2, 0.25) is 0 Å². The van der Waals surface area contributed by atoms with E-state index in [-0.39, 0.29) is 0 Å². The number of rotatable bonds is 3. The summed E-state index contributed by atoms with van der Waals surface area (Å²) in [7, 11) is 0. The van der Waals surface area contributed by atoms with E-state index in [2.05, 4.69) is 24.7 Å². The second-order valence-electron chi connectivity index (χ2n) is 1.29. The van der Waals surface area contributed by atoms with Crippen molar-refractivity contribution in [2.24, 2.45) is 4.99 Å².